The molecule has 0 unspecified atom stereocenters. The van der Waals surface area contributed by atoms with Gasteiger partial charge >= 0.3 is 0 Å². The smallest absolute Gasteiger partial charge is 0.0693 e. The molecule has 2 aromatic heterocycles. The average molecular weight is 369 g/mol. The van der Waals surface area contributed by atoms with Crippen molar-refractivity contribution < 1.29 is 32.7 Å². The van der Waals surface area contributed by atoms with Crippen LogP contribution >= 0.6 is 0 Å². The summed E-state index contributed by atoms with van der Waals surface area (Å²) in [4.78, 5) is 4.01. The predicted molar refractivity (Wildman–Crippen MR) is 88.9 cm³/mol. The largest absolute Gasteiger partial charge is 0.264 e. The molecule has 5 heteroatoms. The number of rotatable bonds is 2. The van der Waals surface area contributed by atoms with Crippen LogP contribution in [-0.2, 0) is 32.7 Å². The molecule has 0 amide bonds. The summed E-state index contributed by atoms with van der Waals surface area (Å²) in [7, 11) is 0. The fraction of sp³-hybridized carbons (Fsp3) is 0.562. The van der Waals surface area contributed by atoms with Crippen molar-refractivity contribution in [2.75, 3.05) is 0 Å². The van der Waals surface area contributed by atoms with Crippen LogP contribution in [-0.4, -0.2) is 20.0 Å². The molecular formula is C16H32N4Y. The second-order valence-corrected chi connectivity index (χ2v) is 4.42. The number of pyridine rings is 1. The zero-order valence-corrected chi connectivity index (χ0v) is 14.3. The van der Waals surface area contributed by atoms with Crippen LogP contribution in [0.4, 0.5) is 0 Å². The van der Waals surface area contributed by atoms with Crippen LogP contribution in [0.3, 0.4) is 0 Å². The number of hydrogen-bond donors (Lipinski definition) is 0. The molecule has 2 rings (SSSR count). The van der Waals surface area contributed by atoms with Gasteiger partial charge in [0.25, 0.3) is 0 Å². The molecule has 0 N–H and O–H groups in total. The third-order valence-electron chi connectivity index (χ3n) is 2.32. The molecule has 119 valence electrons. The first-order chi connectivity index (χ1) is 8.11. The van der Waals surface area contributed by atoms with Gasteiger partial charge < -0.3 is 0 Å². The molecule has 21 heavy (non-hydrogen) atoms. The normalized spacial score (nSPS) is 8.29. The molecule has 0 aliphatic rings. The molecule has 2 heterocycles. The summed E-state index contributed by atoms with van der Waals surface area (Å²) in [5.41, 5.74) is 1.30. The van der Waals surface area contributed by atoms with Crippen LogP contribution in [0.1, 0.15) is 67.5 Å². The van der Waals surface area contributed by atoms with Crippen molar-refractivity contribution in [3.05, 3.63) is 42.5 Å². The van der Waals surface area contributed by atoms with E-state index in [1.165, 1.54) is 5.56 Å². The van der Waals surface area contributed by atoms with Crippen molar-refractivity contribution in [2.24, 2.45) is 0 Å². The molecule has 0 aliphatic carbocycles. The maximum Gasteiger partial charge on any atom is 0.0693 e. The predicted octanol–water partition coefficient (Wildman–Crippen LogP) is 4.97. The van der Waals surface area contributed by atoms with Gasteiger partial charge in [0.05, 0.1) is 6.20 Å². The van der Waals surface area contributed by atoms with E-state index in [1.54, 1.807) is 17.1 Å². The number of aromatic nitrogens is 4. The summed E-state index contributed by atoms with van der Waals surface area (Å²) in [5, 5.41) is 7.44. The molecule has 2 aromatic rings. The SMILES string of the molecule is C.C.C.CC(C)c1cccnc1.CC(C)n1ccnn1.[Y]. The second-order valence-electron chi connectivity index (χ2n) is 4.42. The van der Waals surface area contributed by atoms with Crippen molar-refractivity contribution >= 4 is 0 Å². The Morgan fingerprint density at radius 3 is 1.86 bits per heavy atom. The van der Waals surface area contributed by atoms with E-state index in [4.69, 9.17) is 0 Å². The molecular weight excluding hydrogens is 337 g/mol. The summed E-state index contributed by atoms with van der Waals surface area (Å²) >= 11 is 0. The van der Waals surface area contributed by atoms with E-state index >= 15 is 0 Å². The van der Waals surface area contributed by atoms with E-state index in [-0.39, 0.29) is 55.0 Å². The summed E-state index contributed by atoms with van der Waals surface area (Å²) in [6, 6.07) is 4.49. The van der Waals surface area contributed by atoms with Crippen molar-refractivity contribution in [2.45, 2.75) is 61.9 Å². The Balaban J connectivity index is -0.000000116. The van der Waals surface area contributed by atoms with Gasteiger partial charge in [-0.3, -0.25) is 9.67 Å². The van der Waals surface area contributed by atoms with Gasteiger partial charge in [0.1, 0.15) is 0 Å². The summed E-state index contributed by atoms with van der Waals surface area (Å²) < 4.78 is 1.81. The zero-order chi connectivity index (χ0) is 12.7. The monoisotopic (exact) mass is 369 g/mol. The van der Waals surface area contributed by atoms with Gasteiger partial charge in [0.2, 0.25) is 0 Å². The van der Waals surface area contributed by atoms with Crippen LogP contribution in [0.2, 0.25) is 0 Å². The molecule has 4 nitrogen and oxygen atoms in total. The van der Waals surface area contributed by atoms with Gasteiger partial charge in [-0.2, -0.15) is 0 Å². The van der Waals surface area contributed by atoms with Crippen LogP contribution in [0.5, 0.6) is 0 Å². The van der Waals surface area contributed by atoms with Crippen molar-refractivity contribution in [1.82, 2.24) is 20.0 Å². The van der Waals surface area contributed by atoms with Crippen LogP contribution in [0.25, 0.3) is 0 Å². The minimum Gasteiger partial charge on any atom is -0.264 e. The standard InChI is InChI=1S/C8H11N.C5H9N3.3CH4.Y/c1-7(2)8-4-3-5-9-6-8;1-5(2)8-4-3-6-7-8;;;;/h3-7H,1-2H3;3-5H,1-2H3;3*1H4;. The van der Waals surface area contributed by atoms with Gasteiger partial charge in [0.15, 0.2) is 0 Å². The minimum atomic E-state index is 0. The molecule has 0 saturated carbocycles. The van der Waals surface area contributed by atoms with E-state index in [1.807, 2.05) is 18.5 Å². The van der Waals surface area contributed by atoms with Gasteiger partial charge in [0, 0.05) is 57.3 Å². The number of nitrogens with zero attached hydrogens (tertiary/aromatic N) is 4. The van der Waals surface area contributed by atoms with Gasteiger partial charge in [-0.25, -0.2) is 0 Å². The molecule has 0 fully saturated rings. The van der Waals surface area contributed by atoms with E-state index < -0.39 is 0 Å². The fourth-order valence-electron chi connectivity index (χ4n) is 1.21. The van der Waals surface area contributed by atoms with Crippen LogP contribution in [0.15, 0.2) is 36.9 Å². The third kappa shape index (κ3) is 11.7. The Morgan fingerprint density at radius 1 is 1.00 bits per heavy atom. The summed E-state index contributed by atoms with van der Waals surface area (Å²) in [5.74, 6) is 0.596. The van der Waals surface area contributed by atoms with Crippen LogP contribution < -0.4 is 0 Å². The van der Waals surface area contributed by atoms with Gasteiger partial charge in [-0.15, -0.1) is 5.10 Å². The Morgan fingerprint density at radius 2 is 1.62 bits per heavy atom. The van der Waals surface area contributed by atoms with E-state index in [2.05, 4.69) is 49.1 Å². The Labute approximate surface area is 156 Å². The maximum atomic E-state index is 4.01. The van der Waals surface area contributed by atoms with Crippen molar-refractivity contribution in [3.63, 3.8) is 0 Å². The molecule has 0 aliphatic heterocycles. The average Bonchev–Trinajstić information content (AvgIpc) is 2.84. The Bertz CT molecular complexity index is 399. The van der Waals surface area contributed by atoms with E-state index in [0.29, 0.717) is 12.0 Å². The summed E-state index contributed by atoms with van der Waals surface area (Å²) in [6.07, 6.45) is 7.24. The Kier molecular flexibility index (Phi) is 21.4. The quantitative estimate of drug-likeness (QED) is 0.751. The van der Waals surface area contributed by atoms with Crippen molar-refractivity contribution in [1.29, 1.82) is 0 Å². The first-order valence-corrected chi connectivity index (χ1v) is 5.87. The number of hydrogen-bond acceptors (Lipinski definition) is 3. The van der Waals surface area contributed by atoms with E-state index in [9.17, 15) is 0 Å². The first-order valence-electron chi connectivity index (χ1n) is 5.87. The Hall–Kier alpha value is -0.606. The van der Waals surface area contributed by atoms with Crippen molar-refractivity contribution in [3.8, 4) is 0 Å². The third-order valence-corrected chi connectivity index (χ3v) is 2.32. The molecule has 0 spiro atoms. The van der Waals surface area contributed by atoms with Gasteiger partial charge in [-0.1, -0.05) is 47.4 Å². The summed E-state index contributed by atoms with van der Waals surface area (Å²) in [6.45, 7) is 8.46. The van der Waals surface area contributed by atoms with Crippen LogP contribution in [0, 0.1) is 0 Å². The maximum absolute atomic E-state index is 4.01. The first kappa shape index (κ1) is 28.5. The molecule has 0 bridgehead atoms. The molecule has 0 aromatic carbocycles. The minimum absolute atomic E-state index is 0. The topological polar surface area (TPSA) is 43.6 Å². The van der Waals surface area contributed by atoms with Gasteiger partial charge in [-0.05, 0) is 31.4 Å². The molecule has 1 radical (unpaired) electrons. The van der Waals surface area contributed by atoms with E-state index in [0.717, 1.165) is 0 Å². The second kappa shape index (κ2) is 15.8. The fourth-order valence-corrected chi connectivity index (χ4v) is 1.21. The molecule has 0 atom stereocenters. The molecule has 0 saturated heterocycles. The zero-order valence-electron chi connectivity index (χ0n) is 11.5.